The van der Waals surface area contributed by atoms with Crippen molar-refractivity contribution in [2.45, 2.75) is 38.6 Å². The Balaban J connectivity index is 1.56. The summed E-state index contributed by atoms with van der Waals surface area (Å²) in [5, 5.41) is 9.22. The number of oxazole rings is 1. The molecular weight excluding hydrogens is 414 g/mol. The van der Waals surface area contributed by atoms with E-state index in [1.54, 1.807) is 18.5 Å². The Hall–Kier alpha value is -3.19. The number of benzene rings is 2. The van der Waals surface area contributed by atoms with E-state index in [9.17, 15) is 4.79 Å². The highest BCUT2D eigenvalue weighted by molar-refractivity contribution is 6.31. The largest absolute Gasteiger partial charge is 0.440 e. The molecule has 1 aliphatic heterocycles. The third kappa shape index (κ3) is 3.59. The van der Waals surface area contributed by atoms with Crippen LogP contribution in [0.4, 0.5) is 5.69 Å². The molecule has 1 aliphatic rings. The number of fused-ring (bicyclic) bond motifs is 1. The number of aldehydes is 1. The van der Waals surface area contributed by atoms with Crippen LogP contribution < -0.4 is 4.90 Å². The molecule has 158 valence electrons. The summed E-state index contributed by atoms with van der Waals surface area (Å²) in [6, 6.07) is 9.75. The molecule has 1 fully saturated rings. The van der Waals surface area contributed by atoms with Crippen molar-refractivity contribution in [2.75, 3.05) is 11.4 Å². The lowest BCUT2D eigenvalue weighted by molar-refractivity contribution is 0.112. The maximum Gasteiger partial charge on any atom is 0.200 e. The summed E-state index contributed by atoms with van der Waals surface area (Å²) in [4.78, 5) is 20.4. The lowest BCUT2D eigenvalue weighted by atomic mass is 9.92. The Bertz CT molecular complexity index is 1250. The van der Waals surface area contributed by atoms with Crippen LogP contribution in [0.2, 0.25) is 5.02 Å². The molecule has 1 saturated heterocycles. The van der Waals surface area contributed by atoms with Gasteiger partial charge in [0.25, 0.3) is 0 Å². The number of carbonyl (C=O) groups excluding carboxylic acids is 1. The van der Waals surface area contributed by atoms with E-state index in [0.717, 1.165) is 48.3 Å². The number of halogens is 1. The van der Waals surface area contributed by atoms with Crippen LogP contribution in [0.25, 0.3) is 16.8 Å². The molecule has 4 aromatic rings. The summed E-state index contributed by atoms with van der Waals surface area (Å²) in [5.41, 5.74) is 4.73. The zero-order chi connectivity index (χ0) is 21.5. The van der Waals surface area contributed by atoms with Crippen LogP contribution in [0.1, 0.15) is 47.5 Å². The number of anilines is 1. The van der Waals surface area contributed by atoms with Gasteiger partial charge in [-0.2, -0.15) is 10.2 Å². The van der Waals surface area contributed by atoms with Gasteiger partial charge in [0.1, 0.15) is 11.2 Å². The van der Waals surface area contributed by atoms with Gasteiger partial charge in [-0.25, -0.2) is 4.98 Å². The van der Waals surface area contributed by atoms with E-state index in [-0.39, 0.29) is 12.0 Å². The van der Waals surface area contributed by atoms with Gasteiger partial charge in [0, 0.05) is 29.2 Å². The van der Waals surface area contributed by atoms with Gasteiger partial charge in [-0.05, 0) is 56.5 Å². The summed E-state index contributed by atoms with van der Waals surface area (Å²) in [6.45, 7) is 4.91. The monoisotopic (exact) mass is 435 g/mol. The normalized spacial score (nSPS) is 19.1. The van der Waals surface area contributed by atoms with Crippen molar-refractivity contribution < 1.29 is 9.21 Å². The SMILES string of the molecule is Cc1cc(C=O)c(-n2nccn2)c(N2C[C@H](c3nc4ccc(Cl)cc4o3)CC[C@H]2C)c1. The van der Waals surface area contributed by atoms with Crippen LogP contribution in [0.15, 0.2) is 47.1 Å². The van der Waals surface area contributed by atoms with Gasteiger partial charge in [0.05, 0.1) is 24.0 Å². The van der Waals surface area contributed by atoms with Crippen LogP contribution in [-0.4, -0.2) is 38.9 Å². The molecule has 0 unspecified atom stereocenters. The maximum absolute atomic E-state index is 11.9. The van der Waals surface area contributed by atoms with Crippen molar-refractivity contribution in [1.82, 2.24) is 20.0 Å². The Morgan fingerprint density at radius 2 is 1.97 bits per heavy atom. The Kier molecular flexibility index (Phi) is 4.98. The molecule has 0 spiro atoms. The predicted octanol–water partition coefficient (Wildman–Crippen LogP) is 4.96. The second-order valence-corrected chi connectivity index (χ2v) is 8.53. The third-order valence-electron chi connectivity index (χ3n) is 5.92. The molecule has 0 N–H and O–H groups in total. The number of rotatable bonds is 4. The quantitative estimate of drug-likeness (QED) is 0.422. The first-order chi connectivity index (χ1) is 15.0. The van der Waals surface area contributed by atoms with Crippen molar-refractivity contribution >= 4 is 34.7 Å². The molecule has 0 bridgehead atoms. The van der Waals surface area contributed by atoms with Crippen molar-refractivity contribution in [1.29, 1.82) is 0 Å². The molecule has 2 aromatic carbocycles. The Morgan fingerprint density at radius 1 is 1.16 bits per heavy atom. The molecule has 5 rings (SSSR count). The summed E-state index contributed by atoms with van der Waals surface area (Å²) < 4.78 is 6.07. The minimum absolute atomic E-state index is 0.126. The number of aryl methyl sites for hydroxylation is 1. The van der Waals surface area contributed by atoms with Crippen molar-refractivity contribution in [2.24, 2.45) is 0 Å². The number of hydrogen-bond donors (Lipinski definition) is 0. The van der Waals surface area contributed by atoms with E-state index in [1.807, 2.05) is 25.1 Å². The molecule has 2 atom stereocenters. The van der Waals surface area contributed by atoms with Crippen LogP contribution in [0, 0.1) is 6.92 Å². The zero-order valence-electron chi connectivity index (χ0n) is 17.3. The molecule has 3 heterocycles. The molecule has 31 heavy (non-hydrogen) atoms. The average Bonchev–Trinajstić information content (AvgIpc) is 3.43. The van der Waals surface area contributed by atoms with Gasteiger partial charge < -0.3 is 9.32 Å². The van der Waals surface area contributed by atoms with Gasteiger partial charge in [-0.3, -0.25) is 4.79 Å². The third-order valence-corrected chi connectivity index (χ3v) is 6.15. The van der Waals surface area contributed by atoms with Gasteiger partial charge in [-0.15, -0.1) is 4.80 Å². The number of carbonyl (C=O) groups is 1. The van der Waals surface area contributed by atoms with E-state index < -0.39 is 0 Å². The van der Waals surface area contributed by atoms with Crippen LogP contribution in [0.3, 0.4) is 0 Å². The fourth-order valence-electron chi connectivity index (χ4n) is 4.38. The number of piperidine rings is 1. The number of hydrogen-bond acceptors (Lipinski definition) is 6. The van der Waals surface area contributed by atoms with Gasteiger partial charge in [0.15, 0.2) is 17.8 Å². The molecule has 0 radical (unpaired) electrons. The first kappa shape index (κ1) is 19.8. The van der Waals surface area contributed by atoms with Gasteiger partial charge in [0.2, 0.25) is 0 Å². The van der Waals surface area contributed by atoms with Gasteiger partial charge >= 0.3 is 0 Å². The lowest BCUT2D eigenvalue weighted by Gasteiger charge is -2.39. The first-order valence-corrected chi connectivity index (χ1v) is 10.7. The highest BCUT2D eigenvalue weighted by atomic mass is 35.5. The second-order valence-electron chi connectivity index (χ2n) is 8.10. The highest BCUT2D eigenvalue weighted by Gasteiger charge is 2.32. The smallest absolute Gasteiger partial charge is 0.200 e. The standard InChI is InChI=1S/C23H22ClN5O2/c1-14-9-17(13-30)22(29-25-7-8-26-29)20(10-14)28-12-16(4-3-15(28)2)23-27-19-6-5-18(24)11-21(19)31-23/h5-11,13,15-16H,3-4,12H2,1-2H3/t15-,16-/m1/s1. The molecule has 8 heteroatoms. The number of aromatic nitrogens is 4. The molecule has 0 saturated carbocycles. The fraction of sp³-hybridized carbons (Fsp3) is 0.304. The predicted molar refractivity (Wildman–Crippen MR) is 119 cm³/mol. The van der Waals surface area contributed by atoms with Crippen molar-refractivity contribution in [3.05, 3.63) is 64.8 Å². The summed E-state index contributed by atoms with van der Waals surface area (Å²) in [7, 11) is 0. The highest BCUT2D eigenvalue weighted by Crippen LogP contribution is 2.38. The molecule has 7 nitrogen and oxygen atoms in total. The second kappa shape index (κ2) is 7.81. The lowest BCUT2D eigenvalue weighted by Crippen LogP contribution is -2.42. The van der Waals surface area contributed by atoms with E-state index in [4.69, 9.17) is 21.0 Å². The average molecular weight is 436 g/mol. The van der Waals surface area contributed by atoms with Crippen molar-refractivity contribution in [3.63, 3.8) is 0 Å². The van der Waals surface area contributed by atoms with Gasteiger partial charge in [-0.1, -0.05) is 11.6 Å². The Morgan fingerprint density at radius 3 is 2.74 bits per heavy atom. The van der Waals surface area contributed by atoms with E-state index in [2.05, 4.69) is 28.1 Å². The topological polar surface area (TPSA) is 77.1 Å². The van der Waals surface area contributed by atoms with Crippen LogP contribution in [-0.2, 0) is 0 Å². The van der Waals surface area contributed by atoms with Crippen molar-refractivity contribution in [3.8, 4) is 5.69 Å². The van der Waals surface area contributed by atoms with Crippen LogP contribution in [0.5, 0.6) is 0 Å². The summed E-state index contributed by atoms with van der Waals surface area (Å²) in [6.07, 6.45) is 6.04. The van der Waals surface area contributed by atoms with Crippen LogP contribution >= 0.6 is 11.6 Å². The molecule has 0 aliphatic carbocycles. The molecule has 2 aromatic heterocycles. The molecular formula is C23H22ClN5O2. The molecule has 0 amide bonds. The zero-order valence-corrected chi connectivity index (χ0v) is 18.1. The maximum atomic E-state index is 11.9. The van der Waals surface area contributed by atoms with E-state index >= 15 is 0 Å². The summed E-state index contributed by atoms with van der Waals surface area (Å²) in [5.74, 6) is 0.845. The van der Waals surface area contributed by atoms with E-state index in [1.165, 1.54) is 4.80 Å². The number of nitrogens with zero attached hydrogens (tertiary/aromatic N) is 5. The first-order valence-electron chi connectivity index (χ1n) is 10.3. The fourth-order valence-corrected chi connectivity index (χ4v) is 4.54. The Labute approximate surface area is 184 Å². The summed E-state index contributed by atoms with van der Waals surface area (Å²) >= 11 is 6.11. The van der Waals surface area contributed by atoms with E-state index in [0.29, 0.717) is 21.9 Å². The minimum Gasteiger partial charge on any atom is -0.440 e. The minimum atomic E-state index is 0.126.